The number of hydrogen-bond acceptors (Lipinski definition) is 4. The van der Waals surface area contributed by atoms with Gasteiger partial charge in [-0.05, 0) is 64.8 Å². The maximum absolute atomic E-state index is 13.1. The Hall–Kier alpha value is -0.910. The van der Waals surface area contributed by atoms with Gasteiger partial charge in [-0.1, -0.05) is 31.0 Å². The van der Waals surface area contributed by atoms with Crippen molar-refractivity contribution in [2.45, 2.75) is 75.4 Å². The Morgan fingerprint density at radius 2 is 1.62 bits per heavy atom. The number of rotatable bonds is 6. The lowest BCUT2D eigenvalue weighted by Crippen LogP contribution is -2.54. The monoisotopic (exact) mass is 378 g/mol. The first kappa shape index (κ1) is 19.8. The first-order valence-electron chi connectivity index (χ1n) is 10.2. The van der Waals surface area contributed by atoms with Crippen LogP contribution in [-0.4, -0.2) is 61.7 Å². The van der Waals surface area contributed by atoms with Gasteiger partial charge in [-0.15, -0.1) is 0 Å². The Balaban J connectivity index is 1.80. The topological polar surface area (TPSA) is 40.6 Å². The van der Waals surface area contributed by atoms with Crippen LogP contribution in [0.4, 0.5) is 0 Å². The average Bonchev–Trinajstić information content (AvgIpc) is 2.64. The molecule has 2 heterocycles. The van der Waals surface area contributed by atoms with Crippen LogP contribution in [0.3, 0.4) is 0 Å². The molecule has 0 bridgehead atoms. The highest BCUT2D eigenvalue weighted by Gasteiger charge is 2.33. The summed E-state index contributed by atoms with van der Waals surface area (Å²) in [4.78, 5) is 5.46. The van der Waals surface area contributed by atoms with E-state index in [1.54, 1.807) is 12.1 Å². The Morgan fingerprint density at radius 3 is 2.27 bits per heavy atom. The van der Waals surface area contributed by atoms with Crippen molar-refractivity contribution in [3.05, 3.63) is 30.3 Å². The van der Waals surface area contributed by atoms with Crippen LogP contribution in [0.15, 0.2) is 35.2 Å². The number of piperidine rings is 2. The number of sulfone groups is 1. The third-order valence-corrected chi connectivity index (χ3v) is 8.04. The van der Waals surface area contributed by atoms with Crippen LogP contribution in [0.2, 0.25) is 0 Å². The number of likely N-dealkylation sites (tertiary alicyclic amines) is 2. The summed E-state index contributed by atoms with van der Waals surface area (Å²) in [7, 11) is -3.27. The second-order valence-corrected chi connectivity index (χ2v) is 10.2. The van der Waals surface area contributed by atoms with Crippen molar-refractivity contribution >= 4 is 9.84 Å². The molecule has 3 unspecified atom stereocenters. The fraction of sp³-hybridized carbons (Fsp3) is 0.714. The van der Waals surface area contributed by atoms with Crippen molar-refractivity contribution in [2.24, 2.45) is 0 Å². The van der Waals surface area contributed by atoms with Gasteiger partial charge in [-0.3, -0.25) is 9.80 Å². The molecule has 3 atom stereocenters. The average molecular weight is 379 g/mol. The zero-order valence-electron chi connectivity index (χ0n) is 16.3. The summed E-state index contributed by atoms with van der Waals surface area (Å²) in [6, 6.07) is 10.1. The van der Waals surface area contributed by atoms with Crippen LogP contribution in [0.1, 0.15) is 52.4 Å². The highest BCUT2D eigenvalue weighted by atomic mass is 32.2. The Morgan fingerprint density at radius 1 is 0.962 bits per heavy atom. The maximum atomic E-state index is 13.1. The quantitative estimate of drug-likeness (QED) is 0.759. The number of hydrogen-bond donors (Lipinski definition) is 0. The molecule has 146 valence electrons. The Bertz CT molecular complexity index is 662. The second-order valence-electron chi connectivity index (χ2n) is 8.17. The molecule has 0 radical (unpaired) electrons. The van der Waals surface area contributed by atoms with E-state index in [-0.39, 0.29) is 11.8 Å². The largest absolute Gasteiger partial charge is 0.299 e. The molecule has 3 rings (SSSR count). The van der Waals surface area contributed by atoms with Crippen LogP contribution >= 0.6 is 0 Å². The lowest BCUT2D eigenvalue weighted by molar-refractivity contribution is 0.0642. The molecule has 0 saturated carbocycles. The van der Waals surface area contributed by atoms with Crippen molar-refractivity contribution in [3.8, 4) is 0 Å². The molecule has 2 fully saturated rings. The van der Waals surface area contributed by atoms with E-state index in [0.717, 1.165) is 19.6 Å². The third kappa shape index (κ3) is 4.87. The minimum Gasteiger partial charge on any atom is -0.299 e. The van der Waals surface area contributed by atoms with Crippen LogP contribution in [-0.2, 0) is 9.84 Å². The SMILES string of the molecule is CC1CCCCN1CC(CS(=O)(=O)c1ccccc1)N1CCCCC1C. The summed E-state index contributed by atoms with van der Waals surface area (Å²) in [6.07, 6.45) is 7.38. The standard InChI is InChI=1S/C21H34N2O2S/c1-18-10-6-8-14-22(18)16-20(23-15-9-7-11-19(23)2)17-26(24,25)21-12-4-3-5-13-21/h3-5,12-13,18-20H,6-11,14-17H2,1-2H3. The lowest BCUT2D eigenvalue weighted by atomic mass is 9.99. The summed E-state index contributed by atoms with van der Waals surface area (Å²) >= 11 is 0. The molecule has 0 amide bonds. The van der Waals surface area contributed by atoms with Gasteiger partial charge >= 0.3 is 0 Å². The number of nitrogens with zero attached hydrogens (tertiary/aromatic N) is 2. The van der Waals surface area contributed by atoms with E-state index in [2.05, 4.69) is 23.6 Å². The minimum absolute atomic E-state index is 0.0797. The van der Waals surface area contributed by atoms with Crippen molar-refractivity contribution in [2.75, 3.05) is 25.4 Å². The van der Waals surface area contributed by atoms with Gasteiger partial charge in [0.05, 0.1) is 10.6 Å². The molecule has 0 spiro atoms. The first-order chi connectivity index (χ1) is 12.5. The fourth-order valence-electron chi connectivity index (χ4n) is 4.59. The van der Waals surface area contributed by atoms with E-state index in [1.165, 1.54) is 38.5 Å². The molecule has 5 heteroatoms. The minimum atomic E-state index is -3.27. The van der Waals surface area contributed by atoms with E-state index >= 15 is 0 Å². The molecule has 2 aliphatic heterocycles. The van der Waals surface area contributed by atoms with Gasteiger partial charge in [0.25, 0.3) is 0 Å². The smallest absolute Gasteiger partial charge is 0.179 e. The molecule has 26 heavy (non-hydrogen) atoms. The highest BCUT2D eigenvalue weighted by Crippen LogP contribution is 2.25. The first-order valence-corrected chi connectivity index (χ1v) is 11.9. The van der Waals surface area contributed by atoms with Crippen LogP contribution in [0, 0.1) is 0 Å². The normalized spacial score (nSPS) is 27.3. The summed E-state index contributed by atoms with van der Waals surface area (Å²) in [5, 5.41) is 0. The van der Waals surface area contributed by atoms with Gasteiger partial charge in [0.2, 0.25) is 0 Å². The molecule has 2 saturated heterocycles. The summed E-state index contributed by atoms with van der Waals surface area (Å²) < 4.78 is 26.1. The van der Waals surface area contributed by atoms with Crippen LogP contribution in [0.25, 0.3) is 0 Å². The van der Waals surface area contributed by atoms with Crippen molar-refractivity contribution in [3.63, 3.8) is 0 Å². The molecule has 0 aliphatic carbocycles. The molecule has 2 aliphatic rings. The lowest BCUT2D eigenvalue weighted by Gasteiger charge is -2.43. The number of benzene rings is 1. The summed E-state index contributed by atoms with van der Waals surface area (Å²) in [6.45, 7) is 7.56. The molecule has 0 aromatic heterocycles. The van der Waals surface area contributed by atoms with E-state index in [0.29, 0.717) is 17.0 Å². The Kier molecular flexibility index (Phi) is 6.76. The predicted molar refractivity (Wildman–Crippen MR) is 107 cm³/mol. The molecule has 0 N–H and O–H groups in total. The van der Waals surface area contributed by atoms with E-state index < -0.39 is 9.84 Å². The Labute approximate surface area is 159 Å². The van der Waals surface area contributed by atoms with Gasteiger partial charge in [-0.2, -0.15) is 0 Å². The van der Waals surface area contributed by atoms with Gasteiger partial charge in [0.15, 0.2) is 9.84 Å². The third-order valence-electron chi connectivity index (χ3n) is 6.22. The molecular formula is C21H34N2O2S. The molecular weight excluding hydrogens is 344 g/mol. The van der Waals surface area contributed by atoms with Crippen molar-refractivity contribution < 1.29 is 8.42 Å². The van der Waals surface area contributed by atoms with Crippen LogP contribution in [0.5, 0.6) is 0 Å². The predicted octanol–water partition coefficient (Wildman–Crippen LogP) is 3.58. The molecule has 1 aromatic rings. The highest BCUT2D eigenvalue weighted by molar-refractivity contribution is 7.91. The van der Waals surface area contributed by atoms with Crippen molar-refractivity contribution in [1.82, 2.24) is 9.80 Å². The van der Waals surface area contributed by atoms with Gasteiger partial charge in [0, 0.05) is 24.7 Å². The van der Waals surface area contributed by atoms with Gasteiger partial charge < -0.3 is 0 Å². The summed E-state index contributed by atoms with van der Waals surface area (Å²) in [5.41, 5.74) is 0. The zero-order chi connectivity index (χ0) is 18.6. The van der Waals surface area contributed by atoms with E-state index in [9.17, 15) is 8.42 Å². The van der Waals surface area contributed by atoms with Crippen LogP contribution < -0.4 is 0 Å². The second kappa shape index (κ2) is 8.85. The molecule has 4 nitrogen and oxygen atoms in total. The molecule has 1 aromatic carbocycles. The fourth-order valence-corrected chi connectivity index (χ4v) is 6.16. The van der Waals surface area contributed by atoms with Crippen molar-refractivity contribution in [1.29, 1.82) is 0 Å². The van der Waals surface area contributed by atoms with E-state index in [1.807, 2.05) is 18.2 Å². The zero-order valence-corrected chi connectivity index (χ0v) is 17.1. The van der Waals surface area contributed by atoms with Gasteiger partial charge in [0.1, 0.15) is 0 Å². The van der Waals surface area contributed by atoms with E-state index in [4.69, 9.17) is 0 Å². The van der Waals surface area contributed by atoms with Gasteiger partial charge in [-0.25, -0.2) is 8.42 Å². The summed E-state index contributed by atoms with van der Waals surface area (Å²) in [5.74, 6) is 0.227. The maximum Gasteiger partial charge on any atom is 0.179 e.